The van der Waals surface area contributed by atoms with Crippen LogP contribution in [0.15, 0.2) is 36.5 Å². The lowest BCUT2D eigenvalue weighted by atomic mass is 9.74. The minimum Gasteiger partial charge on any atom is -0.348 e. The molecular weight excluding hydrogens is 324 g/mol. The van der Waals surface area contributed by atoms with Crippen LogP contribution in [0.5, 0.6) is 0 Å². The number of aromatic nitrogens is 2. The second kappa shape index (κ2) is 7.36. The summed E-state index contributed by atoms with van der Waals surface area (Å²) in [6.07, 6.45) is 3.79. The minimum atomic E-state index is 0. The summed E-state index contributed by atoms with van der Waals surface area (Å²) in [6.45, 7) is 4.82. The maximum absolute atomic E-state index is 12.0. The Kier molecular flexibility index (Phi) is 5.67. The molecule has 3 rings (SSSR count). The molecule has 1 aromatic heterocycles. The molecule has 1 unspecified atom stereocenters. The van der Waals surface area contributed by atoms with Gasteiger partial charge in [0.25, 0.3) is 0 Å². The molecular formula is C18H25ClN4O. The standard InChI is InChI=1S/C18H24N4O.ClH/c1-18(2)9-15(21-17(23)12-19-3)14-11-20-22(16(14)10-18)13-7-5-4-6-8-13;/h4-8,11,15,19H,9-10,12H2,1-3H3,(H,21,23);1H. The van der Waals surface area contributed by atoms with E-state index in [1.54, 1.807) is 7.05 Å². The molecule has 2 aromatic rings. The molecule has 0 fully saturated rings. The first kappa shape index (κ1) is 18.5. The lowest BCUT2D eigenvalue weighted by Crippen LogP contribution is -2.39. The quantitative estimate of drug-likeness (QED) is 0.893. The lowest BCUT2D eigenvalue weighted by molar-refractivity contribution is -0.121. The predicted molar refractivity (Wildman–Crippen MR) is 97.7 cm³/mol. The maximum atomic E-state index is 12.0. The number of benzene rings is 1. The molecule has 0 saturated carbocycles. The largest absolute Gasteiger partial charge is 0.348 e. The van der Waals surface area contributed by atoms with E-state index in [-0.39, 0.29) is 29.8 Å². The van der Waals surface area contributed by atoms with Crippen LogP contribution < -0.4 is 10.6 Å². The van der Waals surface area contributed by atoms with Crippen LogP contribution in [-0.4, -0.2) is 29.3 Å². The van der Waals surface area contributed by atoms with Crippen molar-refractivity contribution in [3.63, 3.8) is 0 Å². The molecule has 1 aromatic carbocycles. The van der Waals surface area contributed by atoms with Gasteiger partial charge >= 0.3 is 0 Å². The molecule has 6 heteroatoms. The predicted octanol–water partition coefficient (Wildman–Crippen LogP) is 2.64. The SMILES string of the molecule is CNCC(=O)NC1CC(C)(C)Cc2c1cnn2-c1ccccc1.Cl. The number of carbonyl (C=O) groups is 1. The molecule has 0 bridgehead atoms. The fourth-order valence-electron chi connectivity index (χ4n) is 3.37. The van der Waals surface area contributed by atoms with Crippen LogP contribution in [0.4, 0.5) is 0 Å². The minimum absolute atomic E-state index is 0. The van der Waals surface area contributed by atoms with E-state index in [1.807, 2.05) is 29.1 Å². The number of fused-ring (bicyclic) bond motifs is 1. The highest BCUT2D eigenvalue weighted by molar-refractivity contribution is 5.85. The molecule has 1 heterocycles. The normalized spacial score (nSPS) is 18.4. The highest BCUT2D eigenvalue weighted by atomic mass is 35.5. The van der Waals surface area contributed by atoms with Crippen LogP contribution in [0, 0.1) is 5.41 Å². The summed E-state index contributed by atoms with van der Waals surface area (Å²) >= 11 is 0. The Balaban J connectivity index is 0.00000208. The van der Waals surface area contributed by atoms with E-state index >= 15 is 0 Å². The number of hydrogen-bond donors (Lipinski definition) is 2. The Bertz CT molecular complexity index is 696. The van der Waals surface area contributed by atoms with Crippen molar-refractivity contribution in [1.82, 2.24) is 20.4 Å². The topological polar surface area (TPSA) is 59.0 Å². The van der Waals surface area contributed by atoms with Gasteiger partial charge < -0.3 is 10.6 Å². The Labute approximate surface area is 149 Å². The molecule has 0 saturated heterocycles. The zero-order valence-electron chi connectivity index (χ0n) is 14.4. The second-order valence-electron chi connectivity index (χ2n) is 6.99. The zero-order valence-corrected chi connectivity index (χ0v) is 15.2. The summed E-state index contributed by atoms with van der Waals surface area (Å²) < 4.78 is 2.01. The van der Waals surface area contributed by atoms with E-state index in [0.29, 0.717) is 6.54 Å². The van der Waals surface area contributed by atoms with Crippen LogP contribution in [0.25, 0.3) is 5.69 Å². The zero-order chi connectivity index (χ0) is 16.4. The van der Waals surface area contributed by atoms with Gasteiger partial charge in [0, 0.05) is 5.56 Å². The third-order valence-corrected chi connectivity index (χ3v) is 4.35. The molecule has 0 aliphatic heterocycles. The van der Waals surface area contributed by atoms with Crippen molar-refractivity contribution in [2.75, 3.05) is 13.6 Å². The second-order valence-corrected chi connectivity index (χ2v) is 6.99. The van der Waals surface area contributed by atoms with Gasteiger partial charge in [0.15, 0.2) is 0 Å². The van der Waals surface area contributed by atoms with Crippen molar-refractivity contribution < 1.29 is 4.79 Å². The van der Waals surface area contributed by atoms with Crippen LogP contribution in [-0.2, 0) is 11.2 Å². The van der Waals surface area contributed by atoms with Crippen LogP contribution in [0.1, 0.15) is 37.6 Å². The van der Waals surface area contributed by atoms with E-state index in [2.05, 4.69) is 41.7 Å². The summed E-state index contributed by atoms with van der Waals surface area (Å²) in [4.78, 5) is 12.0. The average molecular weight is 349 g/mol. The van der Waals surface area contributed by atoms with Gasteiger partial charge in [-0.05, 0) is 37.4 Å². The molecule has 1 aliphatic carbocycles. The molecule has 5 nitrogen and oxygen atoms in total. The summed E-state index contributed by atoms with van der Waals surface area (Å²) in [5.41, 5.74) is 3.52. The van der Waals surface area contributed by atoms with Gasteiger partial charge in [-0.2, -0.15) is 5.10 Å². The van der Waals surface area contributed by atoms with Crippen LogP contribution >= 0.6 is 12.4 Å². The summed E-state index contributed by atoms with van der Waals surface area (Å²) in [5.74, 6) is 0.0219. The first-order valence-electron chi connectivity index (χ1n) is 8.06. The number of carbonyl (C=O) groups excluding carboxylic acids is 1. The van der Waals surface area contributed by atoms with Gasteiger partial charge in [0.1, 0.15) is 0 Å². The van der Waals surface area contributed by atoms with Gasteiger partial charge in [-0.3, -0.25) is 4.79 Å². The number of para-hydroxylation sites is 1. The van der Waals surface area contributed by atoms with Crippen molar-refractivity contribution in [3.8, 4) is 5.69 Å². The number of amides is 1. The monoisotopic (exact) mass is 348 g/mol. The lowest BCUT2D eigenvalue weighted by Gasteiger charge is -2.36. The fourth-order valence-corrected chi connectivity index (χ4v) is 3.37. The summed E-state index contributed by atoms with van der Waals surface area (Å²) in [7, 11) is 1.78. The molecule has 130 valence electrons. The Morgan fingerprint density at radius 1 is 1.33 bits per heavy atom. The summed E-state index contributed by atoms with van der Waals surface area (Å²) in [5, 5.41) is 10.6. The van der Waals surface area contributed by atoms with Gasteiger partial charge in [0.2, 0.25) is 5.91 Å². The smallest absolute Gasteiger partial charge is 0.234 e. The molecule has 1 atom stereocenters. The van der Waals surface area contributed by atoms with Gasteiger partial charge in [-0.25, -0.2) is 4.68 Å². The molecule has 0 radical (unpaired) electrons. The van der Waals surface area contributed by atoms with Crippen molar-refractivity contribution in [2.24, 2.45) is 5.41 Å². The molecule has 1 amide bonds. The van der Waals surface area contributed by atoms with Crippen molar-refractivity contribution in [1.29, 1.82) is 0 Å². The highest BCUT2D eigenvalue weighted by Crippen LogP contribution is 2.41. The van der Waals surface area contributed by atoms with Crippen LogP contribution in [0.2, 0.25) is 0 Å². The molecule has 0 spiro atoms. The fraction of sp³-hybridized carbons (Fsp3) is 0.444. The summed E-state index contributed by atoms with van der Waals surface area (Å²) in [6, 6.07) is 10.2. The van der Waals surface area contributed by atoms with E-state index in [1.165, 1.54) is 5.69 Å². The number of likely N-dealkylation sites (N-methyl/N-ethyl adjacent to an activating group) is 1. The van der Waals surface area contributed by atoms with Gasteiger partial charge in [-0.1, -0.05) is 32.0 Å². The highest BCUT2D eigenvalue weighted by Gasteiger charge is 2.35. The number of nitrogens with zero attached hydrogens (tertiary/aromatic N) is 2. The number of hydrogen-bond acceptors (Lipinski definition) is 3. The Hall–Kier alpha value is -1.85. The number of halogens is 1. The average Bonchev–Trinajstić information content (AvgIpc) is 2.90. The van der Waals surface area contributed by atoms with Crippen molar-refractivity contribution in [2.45, 2.75) is 32.7 Å². The first-order chi connectivity index (χ1) is 11.0. The third-order valence-electron chi connectivity index (χ3n) is 4.35. The number of nitrogens with one attached hydrogen (secondary N) is 2. The van der Waals surface area contributed by atoms with Gasteiger partial charge in [0.05, 0.1) is 30.2 Å². The molecule has 24 heavy (non-hydrogen) atoms. The Morgan fingerprint density at radius 2 is 2.04 bits per heavy atom. The van der Waals surface area contributed by atoms with Gasteiger partial charge in [-0.15, -0.1) is 12.4 Å². The maximum Gasteiger partial charge on any atom is 0.234 e. The molecule has 1 aliphatic rings. The van der Waals surface area contributed by atoms with E-state index in [9.17, 15) is 4.79 Å². The van der Waals surface area contributed by atoms with E-state index in [4.69, 9.17) is 0 Å². The first-order valence-corrected chi connectivity index (χ1v) is 8.06. The number of rotatable bonds is 4. The van der Waals surface area contributed by atoms with Crippen LogP contribution in [0.3, 0.4) is 0 Å². The van der Waals surface area contributed by atoms with Crippen molar-refractivity contribution >= 4 is 18.3 Å². The molecule has 2 N–H and O–H groups in total. The third kappa shape index (κ3) is 3.79. The van der Waals surface area contributed by atoms with E-state index in [0.717, 1.165) is 24.1 Å². The van der Waals surface area contributed by atoms with E-state index < -0.39 is 0 Å². The Morgan fingerprint density at radius 3 is 2.71 bits per heavy atom. The van der Waals surface area contributed by atoms with Crippen molar-refractivity contribution in [3.05, 3.63) is 47.8 Å².